The van der Waals surface area contributed by atoms with Crippen LogP contribution in [0, 0.1) is 6.92 Å². The molecule has 31 heavy (non-hydrogen) atoms. The van der Waals surface area contributed by atoms with Gasteiger partial charge in [0.25, 0.3) is 5.91 Å². The quantitative estimate of drug-likeness (QED) is 0.604. The van der Waals surface area contributed by atoms with Crippen molar-refractivity contribution in [1.29, 1.82) is 0 Å². The molecule has 1 aromatic heterocycles. The lowest BCUT2D eigenvalue weighted by Gasteiger charge is -2.28. The molecule has 0 saturated carbocycles. The zero-order valence-corrected chi connectivity index (χ0v) is 18.3. The van der Waals surface area contributed by atoms with Gasteiger partial charge < -0.3 is 9.42 Å². The number of nitrogens with zero attached hydrogens (tertiary/aromatic N) is 4. The number of carbonyl (C=O) groups excluding carboxylic acids is 1. The van der Waals surface area contributed by atoms with Crippen molar-refractivity contribution >= 4 is 21.6 Å². The molecule has 1 amide bonds. The van der Waals surface area contributed by atoms with Crippen molar-refractivity contribution in [2.24, 2.45) is 0 Å². The fourth-order valence-electron chi connectivity index (χ4n) is 3.59. The van der Waals surface area contributed by atoms with Gasteiger partial charge in [0.15, 0.2) is 0 Å². The van der Waals surface area contributed by atoms with Crippen LogP contribution in [0.3, 0.4) is 0 Å². The predicted octanol–water partition coefficient (Wildman–Crippen LogP) is 3.25. The van der Waals surface area contributed by atoms with Crippen LogP contribution in [0.15, 0.2) is 53.1 Å². The molecule has 3 aromatic rings. The van der Waals surface area contributed by atoms with Crippen LogP contribution in [0.1, 0.15) is 34.7 Å². The summed E-state index contributed by atoms with van der Waals surface area (Å²) >= 11 is 0. The van der Waals surface area contributed by atoms with Crippen LogP contribution in [0.4, 0.5) is 5.69 Å². The van der Waals surface area contributed by atoms with E-state index in [1.54, 1.807) is 31.3 Å². The van der Waals surface area contributed by atoms with Gasteiger partial charge in [0.05, 0.1) is 18.0 Å². The fourth-order valence-corrected chi connectivity index (χ4v) is 5.22. The Morgan fingerprint density at radius 2 is 1.97 bits per heavy atom. The van der Waals surface area contributed by atoms with E-state index in [0.29, 0.717) is 35.9 Å². The molecule has 2 heterocycles. The lowest BCUT2D eigenvalue weighted by Crippen LogP contribution is -2.38. The van der Waals surface area contributed by atoms with E-state index in [-0.39, 0.29) is 18.2 Å². The van der Waals surface area contributed by atoms with Gasteiger partial charge in [0, 0.05) is 24.7 Å². The zero-order valence-electron chi connectivity index (χ0n) is 17.5. The van der Waals surface area contributed by atoms with Crippen molar-refractivity contribution in [3.05, 3.63) is 65.5 Å². The minimum atomic E-state index is -3.34. The molecule has 0 bridgehead atoms. The number of carbonyl (C=O) groups is 1. The molecular formula is C22H24N4O4S. The molecule has 0 radical (unpaired) electrons. The SMILES string of the molecule is Cc1cccc(-c2noc(CN(C)C(=O)c3cccc(N4CCCCS4(=O)=O)c3)n2)c1. The molecule has 8 nitrogen and oxygen atoms in total. The van der Waals surface area contributed by atoms with Gasteiger partial charge in [0.2, 0.25) is 21.7 Å². The van der Waals surface area contributed by atoms with Gasteiger partial charge in [-0.1, -0.05) is 35.0 Å². The molecule has 4 rings (SSSR count). The third kappa shape index (κ3) is 4.61. The summed E-state index contributed by atoms with van der Waals surface area (Å²) in [5.41, 5.74) is 2.85. The molecule has 1 saturated heterocycles. The second kappa shape index (κ2) is 8.50. The molecule has 1 fully saturated rings. The number of anilines is 1. The van der Waals surface area contributed by atoms with E-state index in [1.165, 1.54) is 9.21 Å². The Kier molecular flexibility index (Phi) is 5.77. The maximum atomic E-state index is 12.9. The molecule has 0 spiro atoms. The van der Waals surface area contributed by atoms with Gasteiger partial charge in [-0.05, 0) is 44.0 Å². The average molecular weight is 441 g/mol. The first-order valence-electron chi connectivity index (χ1n) is 10.1. The summed E-state index contributed by atoms with van der Waals surface area (Å²) in [4.78, 5) is 18.8. The number of rotatable bonds is 5. The number of benzene rings is 2. The monoisotopic (exact) mass is 440 g/mol. The minimum Gasteiger partial charge on any atom is -0.337 e. The molecule has 2 aromatic carbocycles. The van der Waals surface area contributed by atoms with Crippen LogP contribution in [0.5, 0.6) is 0 Å². The van der Waals surface area contributed by atoms with E-state index in [4.69, 9.17) is 4.52 Å². The number of aromatic nitrogens is 2. The third-order valence-corrected chi connectivity index (χ3v) is 7.06. The third-order valence-electron chi connectivity index (χ3n) is 5.19. The van der Waals surface area contributed by atoms with Crippen molar-refractivity contribution in [1.82, 2.24) is 15.0 Å². The standard InChI is InChI=1S/C22H24N4O4S/c1-16-7-5-8-17(13-16)21-23-20(30-24-21)15-25(2)22(27)18-9-6-10-19(14-18)26-11-3-4-12-31(26,28)29/h5-10,13-14H,3-4,11-12,15H2,1-2H3. The van der Waals surface area contributed by atoms with Crippen LogP contribution >= 0.6 is 0 Å². The van der Waals surface area contributed by atoms with Crippen LogP contribution in [0.2, 0.25) is 0 Å². The summed E-state index contributed by atoms with van der Waals surface area (Å²) in [6.07, 6.45) is 1.46. The maximum Gasteiger partial charge on any atom is 0.254 e. The van der Waals surface area contributed by atoms with Crippen LogP contribution in [0.25, 0.3) is 11.4 Å². The molecular weight excluding hydrogens is 416 g/mol. The van der Waals surface area contributed by atoms with Crippen molar-refractivity contribution in [2.75, 3.05) is 23.7 Å². The average Bonchev–Trinajstić information content (AvgIpc) is 3.21. The van der Waals surface area contributed by atoms with Gasteiger partial charge in [-0.3, -0.25) is 9.10 Å². The number of sulfonamides is 1. The highest BCUT2D eigenvalue weighted by molar-refractivity contribution is 7.92. The summed E-state index contributed by atoms with van der Waals surface area (Å²) in [7, 11) is -1.70. The van der Waals surface area contributed by atoms with Crippen molar-refractivity contribution < 1.29 is 17.7 Å². The van der Waals surface area contributed by atoms with Gasteiger partial charge in [-0.25, -0.2) is 8.42 Å². The largest absolute Gasteiger partial charge is 0.337 e. The summed E-state index contributed by atoms with van der Waals surface area (Å²) in [6, 6.07) is 14.5. The van der Waals surface area contributed by atoms with Crippen molar-refractivity contribution in [2.45, 2.75) is 26.3 Å². The Morgan fingerprint density at radius 3 is 2.74 bits per heavy atom. The molecule has 1 aliphatic heterocycles. The van der Waals surface area contributed by atoms with Crippen molar-refractivity contribution in [3.63, 3.8) is 0 Å². The van der Waals surface area contributed by atoms with Crippen LogP contribution in [-0.2, 0) is 16.6 Å². The van der Waals surface area contributed by atoms with E-state index in [9.17, 15) is 13.2 Å². The van der Waals surface area contributed by atoms with E-state index in [2.05, 4.69) is 10.1 Å². The maximum absolute atomic E-state index is 12.9. The highest BCUT2D eigenvalue weighted by atomic mass is 32.2. The number of hydrogen-bond acceptors (Lipinski definition) is 6. The lowest BCUT2D eigenvalue weighted by molar-refractivity contribution is 0.0769. The number of hydrogen-bond donors (Lipinski definition) is 0. The first-order chi connectivity index (χ1) is 14.8. The highest BCUT2D eigenvalue weighted by Gasteiger charge is 2.27. The van der Waals surface area contributed by atoms with Gasteiger partial charge >= 0.3 is 0 Å². The highest BCUT2D eigenvalue weighted by Crippen LogP contribution is 2.25. The molecule has 0 aliphatic carbocycles. The predicted molar refractivity (Wildman–Crippen MR) is 117 cm³/mol. The summed E-state index contributed by atoms with van der Waals surface area (Å²) in [6.45, 7) is 2.56. The summed E-state index contributed by atoms with van der Waals surface area (Å²) in [5.74, 6) is 0.663. The first kappa shape index (κ1) is 21.0. The van der Waals surface area contributed by atoms with E-state index >= 15 is 0 Å². The van der Waals surface area contributed by atoms with E-state index in [0.717, 1.165) is 17.5 Å². The Balaban J connectivity index is 1.49. The smallest absolute Gasteiger partial charge is 0.254 e. The molecule has 0 unspecified atom stereocenters. The van der Waals surface area contributed by atoms with Gasteiger partial charge in [-0.2, -0.15) is 4.98 Å². The number of amides is 1. The zero-order chi connectivity index (χ0) is 22.0. The Hall–Kier alpha value is -3.20. The molecule has 9 heteroatoms. The lowest BCUT2D eigenvalue weighted by atomic mass is 10.1. The van der Waals surface area contributed by atoms with Crippen LogP contribution < -0.4 is 4.31 Å². The number of aryl methyl sites for hydroxylation is 1. The Morgan fingerprint density at radius 1 is 1.16 bits per heavy atom. The molecule has 162 valence electrons. The Bertz CT molecular complexity index is 1210. The van der Waals surface area contributed by atoms with Gasteiger partial charge in [-0.15, -0.1) is 0 Å². The summed E-state index contributed by atoms with van der Waals surface area (Å²) < 4.78 is 31.5. The normalized spacial score (nSPS) is 15.6. The molecule has 0 atom stereocenters. The van der Waals surface area contributed by atoms with Crippen molar-refractivity contribution in [3.8, 4) is 11.4 Å². The van der Waals surface area contributed by atoms with Crippen LogP contribution in [-0.4, -0.2) is 48.7 Å². The Labute approximate surface area is 181 Å². The minimum absolute atomic E-state index is 0.130. The molecule has 1 aliphatic rings. The topological polar surface area (TPSA) is 96.6 Å². The second-order valence-electron chi connectivity index (χ2n) is 7.69. The fraction of sp³-hybridized carbons (Fsp3) is 0.318. The summed E-state index contributed by atoms with van der Waals surface area (Å²) in [5, 5.41) is 4.01. The second-order valence-corrected chi connectivity index (χ2v) is 9.70. The van der Waals surface area contributed by atoms with E-state index < -0.39 is 10.0 Å². The van der Waals surface area contributed by atoms with Gasteiger partial charge in [0.1, 0.15) is 0 Å². The molecule has 0 N–H and O–H groups in total. The first-order valence-corrected chi connectivity index (χ1v) is 11.7. The van der Waals surface area contributed by atoms with E-state index in [1.807, 2.05) is 31.2 Å².